The molecule has 1 aromatic heterocycles. The average Bonchev–Trinajstić information content (AvgIpc) is 3.02. The van der Waals surface area contributed by atoms with Crippen LogP contribution in [0.1, 0.15) is 12.5 Å². The maximum absolute atomic E-state index is 12.5. The fourth-order valence-corrected chi connectivity index (χ4v) is 2.70. The molecular weight excluding hydrogens is 294 g/mol. The second-order valence-electron chi connectivity index (χ2n) is 5.35. The molecular formula is C16H13N5O2. The van der Waals surface area contributed by atoms with Crippen LogP contribution >= 0.6 is 0 Å². The van der Waals surface area contributed by atoms with Crippen molar-refractivity contribution in [2.75, 3.05) is 10.6 Å². The minimum atomic E-state index is -0.701. The van der Waals surface area contributed by atoms with Gasteiger partial charge in [-0.15, -0.1) is 0 Å². The third-order valence-electron chi connectivity index (χ3n) is 3.82. The summed E-state index contributed by atoms with van der Waals surface area (Å²) in [6, 6.07) is 12.9. The predicted octanol–water partition coefficient (Wildman–Crippen LogP) is 1.95. The number of benzene rings is 2. The van der Waals surface area contributed by atoms with Crippen molar-refractivity contribution in [3.05, 3.63) is 48.8 Å². The van der Waals surface area contributed by atoms with Crippen molar-refractivity contribution in [2.24, 2.45) is 0 Å². The fraction of sp³-hybridized carbons (Fsp3) is 0.125. The van der Waals surface area contributed by atoms with Gasteiger partial charge in [-0.05, 0) is 22.9 Å². The first-order chi connectivity index (χ1) is 11.2. The largest absolute Gasteiger partial charge is 0.324 e. The van der Waals surface area contributed by atoms with E-state index in [4.69, 9.17) is 0 Å². The Bertz CT molecular complexity index is 917. The van der Waals surface area contributed by atoms with Crippen molar-refractivity contribution in [1.82, 2.24) is 14.8 Å². The van der Waals surface area contributed by atoms with Crippen molar-refractivity contribution in [3.8, 4) is 0 Å². The van der Waals surface area contributed by atoms with E-state index < -0.39 is 6.04 Å². The van der Waals surface area contributed by atoms with Crippen LogP contribution in [-0.4, -0.2) is 26.6 Å². The highest BCUT2D eigenvalue weighted by atomic mass is 16.2. The van der Waals surface area contributed by atoms with E-state index in [0.29, 0.717) is 11.6 Å². The van der Waals surface area contributed by atoms with Crippen LogP contribution in [0.2, 0.25) is 0 Å². The average molecular weight is 307 g/mol. The van der Waals surface area contributed by atoms with Gasteiger partial charge in [0.05, 0.1) is 6.42 Å². The molecule has 2 heterocycles. The molecule has 23 heavy (non-hydrogen) atoms. The lowest BCUT2D eigenvalue weighted by atomic mass is 10.1. The zero-order valence-corrected chi connectivity index (χ0v) is 12.1. The number of hydrogen-bond acceptors (Lipinski definition) is 4. The number of aromatic nitrogens is 3. The molecule has 3 aromatic rings. The molecule has 2 aromatic carbocycles. The Morgan fingerprint density at radius 1 is 1.22 bits per heavy atom. The molecule has 1 aliphatic heterocycles. The molecule has 0 aliphatic carbocycles. The van der Waals surface area contributed by atoms with Crippen molar-refractivity contribution >= 4 is 34.2 Å². The normalized spacial score (nSPS) is 16.7. The summed E-state index contributed by atoms with van der Waals surface area (Å²) in [4.78, 5) is 28.2. The summed E-state index contributed by atoms with van der Waals surface area (Å²) in [5.41, 5.74) is 0.682. The first-order valence-corrected chi connectivity index (χ1v) is 7.20. The molecule has 0 fully saturated rings. The van der Waals surface area contributed by atoms with E-state index in [1.807, 2.05) is 42.5 Å². The van der Waals surface area contributed by atoms with E-state index >= 15 is 0 Å². The molecule has 0 radical (unpaired) electrons. The summed E-state index contributed by atoms with van der Waals surface area (Å²) >= 11 is 0. The van der Waals surface area contributed by atoms with Crippen LogP contribution < -0.4 is 10.6 Å². The number of nitrogens with zero attached hydrogens (tertiary/aromatic N) is 3. The van der Waals surface area contributed by atoms with Gasteiger partial charge in [0, 0.05) is 5.69 Å². The van der Waals surface area contributed by atoms with E-state index in [9.17, 15) is 9.59 Å². The summed E-state index contributed by atoms with van der Waals surface area (Å²) < 4.78 is 1.43. The Morgan fingerprint density at radius 2 is 2.04 bits per heavy atom. The maximum Gasteiger partial charge on any atom is 0.249 e. The number of carbonyl (C=O) groups excluding carboxylic acids is 2. The van der Waals surface area contributed by atoms with Crippen LogP contribution in [0.15, 0.2) is 48.8 Å². The molecule has 2 N–H and O–H groups in total. The second-order valence-corrected chi connectivity index (χ2v) is 5.35. The van der Waals surface area contributed by atoms with Gasteiger partial charge in [0.2, 0.25) is 17.8 Å². The number of rotatable bonds is 2. The number of amides is 2. The summed E-state index contributed by atoms with van der Waals surface area (Å²) in [7, 11) is 0. The first-order valence-electron chi connectivity index (χ1n) is 7.20. The van der Waals surface area contributed by atoms with Gasteiger partial charge in [-0.1, -0.05) is 30.3 Å². The third-order valence-corrected chi connectivity index (χ3v) is 3.82. The standard InChI is InChI=1S/C16H13N5O2/c22-14-8-13(21-16(20-14)17-9-18-21)15(23)19-12-6-5-10-3-1-2-4-11(10)7-12/h1-7,9,13H,8H2,(H,19,23)(H,17,18,20,22)/t13-/m0/s1. The lowest BCUT2D eigenvalue weighted by molar-refractivity contribution is -0.125. The van der Waals surface area contributed by atoms with Gasteiger partial charge in [-0.3, -0.25) is 14.9 Å². The molecule has 1 atom stereocenters. The molecule has 7 nitrogen and oxygen atoms in total. The Labute approximate surface area is 131 Å². The van der Waals surface area contributed by atoms with Gasteiger partial charge in [0.15, 0.2) is 0 Å². The van der Waals surface area contributed by atoms with Crippen LogP contribution in [-0.2, 0) is 9.59 Å². The van der Waals surface area contributed by atoms with Crippen molar-refractivity contribution in [2.45, 2.75) is 12.5 Å². The number of nitrogens with one attached hydrogen (secondary N) is 2. The zero-order valence-electron chi connectivity index (χ0n) is 12.1. The minimum absolute atomic E-state index is 0.0375. The Hall–Kier alpha value is -3.22. The first kappa shape index (κ1) is 13.4. The van der Waals surface area contributed by atoms with Crippen LogP contribution in [0, 0.1) is 0 Å². The Balaban J connectivity index is 1.61. The third kappa shape index (κ3) is 2.42. The molecule has 2 amide bonds. The summed E-state index contributed by atoms with van der Waals surface area (Å²) in [5.74, 6) is -0.244. The van der Waals surface area contributed by atoms with Gasteiger partial charge >= 0.3 is 0 Å². The highest BCUT2D eigenvalue weighted by molar-refractivity contribution is 6.01. The van der Waals surface area contributed by atoms with E-state index in [1.54, 1.807) is 0 Å². The lowest BCUT2D eigenvalue weighted by Gasteiger charge is -2.22. The topological polar surface area (TPSA) is 88.9 Å². The molecule has 0 bridgehead atoms. The SMILES string of the molecule is O=C1C[C@@H](C(=O)Nc2ccc3ccccc3c2)n2ncnc2N1. The summed E-state index contributed by atoms with van der Waals surface area (Å²) in [6.45, 7) is 0. The number of carbonyl (C=O) groups is 2. The maximum atomic E-state index is 12.5. The number of fused-ring (bicyclic) bond motifs is 2. The van der Waals surface area contributed by atoms with Crippen molar-refractivity contribution in [3.63, 3.8) is 0 Å². The zero-order chi connectivity index (χ0) is 15.8. The van der Waals surface area contributed by atoms with Gasteiger partial charge in [-0.2, -0.15) is 10.1 Å². The van der Waals surface area contributed by atoms with Crippen molar-refractivity contribution in [1.29, 1.82) is 0 Å². The molecule has 7 heteroatoms. The van der Waals surface area contributed by atoms with Crippen LogP contribution in [0.3, 0.4) is 0 Å². The molecule has 0 saturated carbocycles. The van der Waals surface area contributed by atoms with Gasteiger partial charge in [0.1, 0.15) is 12.4 Å². The van der Waals surface area contributed by atoms with Crippen LogP contribution in [0.25, 0.3) is 10.8 Å². The lowest BCUT2D eigenvalue weighted by Crippen LogP contribution is -2.35. The molecule has 0 saturated heterocycles. The summed E-state index contributed by atoms with van der Waals surface area (Å²) in [6.07, 6.45) is 1.35. The van der Waals surface area contributed by atoms with E-state index in [0.717, 1.165) is 10.8 Å². The molecule has 4 rings (SSSR count). The predicted molar refractivity (Wildman–Crippen MR) is 84.9 cm³/mol. The smallest absolute Gasteiger partial charge is 0.249 e. The summed E-state index contributed by atoms with van der Waals surface area (Å²) in [5, 5.41) is 11.6. The van der Waals surface area contributed by atoms with Crippen molar-refractivity contribution < 1.29 is 9.59 Å². The monoisotopic (exact) mass is 307 g/mol. The van der Waals surface area contributed by atoms with E-state index in [1.165, 1.54) is 11.0 Å². The van der Waals surface area contributed by atoms with E-state index in [2.05, 4.69) is 20.7 Å². The van der Waals surface area contributed by atoms with Crippen LogP contribution in [0.5, 0.6) is 0 Å². The molecule has 0 spiro atoms. The number of anilines is 2. The second kappa shape index (κ2) is 5.20. The molecule has 0 unspecified atom stereocenters. The number of hydrogen-bond donors (Lipinski definition) is 2. The molecule has 1 aliphatic rings. The minimum Gasteiger partial charge on any atom is -0.324 e. The Morgan fingerprint density at radius 3 is 2.91 bits per heavy atom. The van der Waals surface area contributed by atoms with E-state index in [-0.39, 0.29) is 18.2 Å². The van der Waals surface area contributed by atoms with Gasteiger partial charge in [0.25, 0.3) is 0 Å². The Kier molecular flexibility index (Phi) is 3.04. The molecule has 114 valence electrons. The van der Waals surface area contributed by atoms with Gasteiger partial charge < -0.3 is 5.32 Å². The quantitative estimate of drug-likeness (QED) is 0.757. The highest BCUT2D eigenvalue weighted by Gasteiger charge is 2.31. The highest BCUT2D eigenvalue weighted by Crippen LogP contribution is 2.24. The fourth-order valence-electron chi connectivity index (χ4n) is 2.70. The van der Waals surface area contributed by atoms with Crippen LogP contribution in [0.4, 0.5) is 11.6 Å². The van der Waals surface area contributed by atoms with Gasteiger partial charge in [-0.25, -0.2) is 4.68 Å².